The lowest BCUT2D eigenvalue weighted by molar-refractivity contribution is -0.149. The van der Waals surface area contributed by atoms with Crippen LogP contribution in [0.25, 0.3) is 0 Å². The Kier molecular flexibility index (Phi) is 4.88. The van der Waals surface area contributed by atoms with E-state index in [1.54, 1.807) is 0 Å². The maximum Gasteiger partial charge on any atom is 0.230 e. The third kappa shape index (κ3) is 3.13. The van der Waals surface area contributed by atoms with Crippen molar-refractivity contribution >= 4 is 5.91 Å². The Balaban J connectivity index is 1.92. The van der Waals surface area contributed by atoms with Crippen LogP contribution >= 0.6 is 0 Å². The predicted molar refractivity (Wildman–Crippen MR) is 78.7 cm³/mol. The maximum atomic E-state index is 12.7. The zero-order valence-electron chi connectivity index (χ0n) is 12.7. The fraction of sp³-hybridized carbons (Fsp3) is 0.938. The van der Waals surface area contributed by atoms with Crippen LogP contribution in [0.1, 0.15) is 58.8 Å². The molecule has 2 aliphatic rings. The van der Waals surface area contributed by atoms with Gasteiger partial charge >= 0.3 is 0 Å². The summed E-state index contributed by atoms with van der Waals surface area (Å²) in [6, 6.07) is 0. The molecule has 2 N–H and O–H groups in total. The molecular formula is C16H30N2O. The lowest BCUT2D eigenvalue weighted by Gasteiger charge is -2.46. The maximum absolute atomic E-state index is 12.7. The lowest BCUT2D eigenvalue weighted by atomic mass is 9.62. The van der Waals surface area contributed by atoms with E-state index in [0.717, 1.165) is 31.8 Å². The molecule has 1 amide bonds. The smallest absolute Gasteiger partial charge is 0.230 e. The Morgan fingerprint density at radius 2 is 2.05 bits per heavy atom. The molecule has 1 heterocycles. The first-order valence-electron chi connectivity index (χ1n) is 8.10. The number of nitrogens with zero attached hydrogens (tertiary/aromatic N) is 1. The van der Waals surface area contributed by atoms with Crippen molar-refractivity contribution in [3.05, 3.63) is 0 Å². The van der Waals surface area contributed by atoms with Gasteiger partial charge in [0.1, 0.15) is 0 Å². The van der Waals surface area contributed by atoms with Crippen molar-refractivity contribution in [1.82, 2.24) is 4.90 Å². The SMILES string of the molecule is CCCC1CCCN(C(=O)C2(CN)CC(C)C2)CC1. The molecular weight excluding hydrogens is 236 g/mol. The molecule has 1 unspecified atom stereocenters. The highest BCUT2D eigenvalue weighted by atomic mass is 16.2. The summed E-state index contributed by atoms with van der Waals surface area (Å²) in [5.41, 5.74) is 5.70. The normalized spacial score (nSPS) is 35.6. The minimum absolute atomic E-state index is 0.204. The Morgan fingerprint density at radius 1 is 1.32 bits per heavy atom. The van der Waals surface area contributed by atoms with E-state index in [2.05, 4.69) is 18.7 Å². The van der Waals surface area contributed by atoms with Gasteiger partial charge in [-0.2, -0.15) is 0 Å². The van der Waals surface area contributed by atoms with Crippen LogP contribution in [0.2, 0.25) is 0 Å². The summed E-state index contributed by atoms with van der Waals surface area (Å²) in [5, 5.41) is 0. The van der Waals surface area contributed by atoms with Gasteiger partial charge in [-0.25, -0.2) is 0 Å². The molecule has 1 saturated carbocycles. The summed E-state index contributed by atoms with van der Waals surface area (Å²) in [6.45, 7) is 6.92. The van der Waals surface area contributed by atoms with Gasteiger partial charge in [-0.05, 0) is 43.9 Å². The molecule has 0 aromatic heterocycles. The molecule has 0 aromatic rings. The molecule has 0 bridgehead atoms. The average molecular weight is 266 g/mol. The third-order valence-electron chi connectivity index (χ3n) is 5.15. The van der Waals surface area contributed by atoms with Crippen molar-refractivity contribution in [2.75, 3.05) is 19.6 Å². The van der Waals surface area contributed by atoms with E-state index in [1.807, 2.05) is 0 Å². The molecule has 1 atom stereocenters. The standard InChI is InChI=1S/C16H30N2O/c1-3-5-14-6-4-8-18(9-7-14)15(19)16(12-17)10-13(2)11-16/h13-14H,3-12,17H2,1-2H3. The van der Waals surface area contributed by atoms with Crippen LogP contribution in [-0.4, -0.2) is 30.4 Å². The number of amides is 1. The number of hydrogen-bond donors (Lipinski definition) is 1. The summed E-state index contributed by atoms with van der Waals surface area (Å²) in [4.78, 5) is 14.9. The lowest BCUT2D eigenvalue weighted by Crippen LogP contribution is -2.54. The highest BCUT2D eigenvalue weighted by Gasteiger charge is 2.48. The van der Waals surface area contributed by atoms with E-state index in [0.29, 0.717) is 18.4 Å². The Morgan fingerprint density at radius 3 is 2.63 bits per heavy atom. The van der Waals surface area contributed by atoms with Gasteiger partial charge < -0.3 is 10.6 Å². The van der Waals surface area contributed by atoms with Crippen LogP contribution in [0.15, 0.2) is 0 Å². The zero-order valence-corrected chi connectivity index (χ0v) is 12.7. The van der Waals surface area contributed by atoms with E-state index in [9.17, 15) is 4.79 Å². The minimum atomic E-state index is -0.204. The summed E-state index contributed by atoms with van der Waals surface area (Å²) >= 11 is 0. The Bertz CT molecular complexity index is 310. The minimum Gasteiger partial charge on any atom is -0.342 e. The number of likely N-dealkylation sites (tertiary alicyclic amines) is 1. The van der Waals surface area contributed by atoms with Crippen LogP contribution in [0.4, 0.5) is 0 Å². The molecule has 3 heteroatoms. The molecule has 1 aliphatic carbocycles. The fourth-order valence-electron chi connectivity index (χ4n) is 4.10. The van der Waals surface area contributed by atoms with Gasteiger partial charge in [0.05, 0.1) is 5.41 Å². The second kappa shape index (κ2) is 6.25. The van der Waals surface area contributed by atoms with Gasteiger partial charge in [-0.1, -0.05) is 26.7 Å². The van der Waals surface area contributed by atoms with E-state index < -0.39 is 0 Å². The van der Waals surface area contributed by atoms with Crippen molar-refractivity contribution in [2.24, 2.45) is 23.0 Å². The molecule has 19 heavy (non-hydrogen) atoms. The fourth-order valence-corrected chi connectivity index (χ4v) is 4.10. The van der Waals surface area contributed by atoms with Gasteiger partial charge in [0.25, 0.3) is 0 Å². The van der Waals surface area contributed by atoms with E-state index >= 15 is 0 Å². The molecule has 110 valence electrons. The molecule has 0 radical (unpaired) electrons. The van der Waals surface area contributed by atoms with Gasteiger partial charge in [0.2, 0.25) is 5.91 Å². The molecule has 0 spiro atoms. The van der Waals surface area contributed by atoms with E-state index in [-0.39, 0.29) is 5.41 Å². The molecule has 1 aliphatic heterocycles. The number of rotatable bonds is 4. The number of nitrogens with two attached hydrogens (primary N) is 1. The highest BCUT2D eigenvalue weighted by molar-refractivity contribution is 5.84. The summed E-state index contributed by atoms with van der Waals surface area (Å²) in [5.74, 6) is 1.86. The molecule has 1 saturated heterocycles. The van der Waals surface area contributed by atoms with Gasteiger partial charge in [-0.15, -0.1) is 0 Å². The topological polar surface area (TPSA) is 46.3 Å². The average Bonchev–Trinajstić information content (AvgIpc) is 2.60. The monoisotopic (exact) mass is 266 g/mol. The van der Waals surface area contributed by atoms with Crippen molar-refractivity contribution in [3.63, 3.8) is 0 Å². The van der Waals surface area contributed by atoms with Crippen LogP contribution in [0.5, 0.6) is 0 Å². The summed E-state index contributed by atoms with van der Waals surface area (Å²) in [6.07, 6.45) is 8.24. The molecule has 3 nitrogen and oxygen atoms in total. The van der Waals surface area contributed by atoms with Crippen LogP contribution < -0.4 is 5.73 Å². The summed E-state index contributed by atoms with van der Waals surface area (Å²) in [7, 11) is 0. The number of hydrogen-bond acceptors (Lipinski definition) is 2. The van der Waals surface area contributed by atoms with Crippen molar-refractivity contribution in [3.8, 4) is 0 Å². The third-order valence-corrected chi connectivity index (χ3v) is 5.15. The van der Waals surface area contributed by atoms with Crippen LogP contribution in [-0.2, 0) is 4.79 Å². The van der Waals surface area contributed by atoms with Gasteiger partial charge in [-0.3, -0.25) is 4.79 Å². The molecule has 0 aromatic carbocycles. The first kappa shape index (κ1) is 14.8. The second-order valence-electron chi connectivity index (χ2n) is 6.88. The largest absolute Gasteiger partial charge is 0.342 e. The van der Waals surface area contributed by atoms with Crippen molar-refractivity contribution in [1.29, 1.82) is 0 Å². The van der Waals surface area contributed by atoms with E-state index in [1.165, 1.54) is 32.1 Å². The number of carbonyl (C=O) groups is 1. The van der Waals surface area contributed by atoms with Gasteiger partial charge in [0.15, 0.2) is 0 Å². The zero-order chi connectivity index (χ0) is 13.9. The highest BCUT2D eigenvalue weighted by Crippen LogP contribution is 2.46. The van der Waals surface area contributed by atoms with Crippen LogP contribution in [0.3, 0.4) is 0 Å². The van der Waals surface area contributed by atoms with Crippen molar-refractivity contribution in [2.45, 2.75) is 58.8 Å². The van der Waals surface area contributed by atoms with Crippen LogP contribution in [0, 0.1) is 17.3 Å². The molecule has 2 fully saturated rings. The Labute approximate surface area is 117 Å². The van der Waals surface area contributed by atoms with Gasteiger partial charge in [0, 0.05) is 19.6 Å². The van der Waals surface area contributed by atoms with Crippen molar-refractivity contribution < 1.29 is 4.79 Å². The van der Waals surface area contributed by atoms with E-state index in [4.69, 9.17) is 5.73 Å². The summed E-state index contributed by atoms with van der Waals surface area (Å²) < 4.78 is 0. The quantitative estimate of drug-likeness (QED) is 0.850. The first-order valence-corrected chi connectivity index (χ1v) is 8.10. The molecule has 2 rings (SSSR count). The Hall–Kier alpha value is -0.570. The predicted octanol–water partition coefficient (Wildman–Crippen LogP) is 2.79. The number of carbonyl (C=O) groups excluding carboxylic acids is 1. The second-order valence-corrected chi connectivity index (χ2v) is 6.88. The first-order chi connectivity index (χ1) is 9.11.